The fraction of sp³-hybridized carbons (Fsp3) is 0.429. The molecule has 0 bridgehead atoms. The summed E-state index contributed by atoms with van der Waals surface area (Å²) in [5.41, 5.74) is 0.822. The SMILES string of the molecule is CCCC(=O)NCc1nnnn1-c1ccc(OCC)cc1. The summed E-state index contributed by atoms with van der Waals surface area (Å²) < 4.78 is 7.00. The zero-order chi connectivity index (χ0) is 15.1. The first-order chi connectivity index (χ1) is 10.2. The number of rotatable bonds is 7. The van der Waals surface area contributed by atoms with Crippen molar-refractivity contribution in [3.05, 3.63) is 30.1 Å². The third-order valence-corrected chi connectivity index (χ3v) is 2.85. The largest absolute Gasteiger partial charge is 0.494 e. The third kappa shape index (κ3) is 4.01. The molecule has 2 aromatic rings. The third-order valence-electron chi connectivity index (χ3n) is 2.85. The van der Waals surface area contributed by atoms with Gasteiger partial charge in [-0.05, 0) is 48.0 Å². The molecule has 0 saturated carbocycles. The van der Waals surface area contributed by atoms with E-state index in [2.05, 4.69) is 20.8 Å². The van der Waals surface area contributed by atoms with Crippen molar-refractivity contribution in [1.29, 1.82) is 0 Å². The van der Waals surface area contributed by atoms with Crippen LogP contribution in [-0.4, -0.2) is 32.7 Å². The lowest BCUT2D eigenvalue weighted by Crippen LogP contribution is -2.24. The molecule has 0 aliphatic carbocycles. The molecule has 0 spiro atoms. The Kier molecular flexibility index (Phi) is 5.25. The number of nitrogens with one attached hydrogen (secondary N) is 1. The minimum atomic E-state index is -0.00116. The highest BCUT2D eigenvalue weighted by molar-refractivity contribution is 5.75. The van der Waals surface area contributed by atoms with Crippen molar-refractivity contribution in [3.63, 3.8) is 0 Å². The summed E-state index contributed by atoms with van der Waals surface area (Å²) in [6.45, 7) is 4.83. The normalized spacial score (nSPS) is 10.4. The molecule has 0 fully saturated rings. The van der Waals surface area contributed by atoms with E-state index in [-0.39, 0.29) is 5.91 Å². The topological polar surface area (TPSA) is 81.9 Å². The van der Waals surface area contributed by atoms with Crippen LogP contribution in [0.5, 0.6) is 5.75 Å². The number of nitrogens with zero attached hydrogens (tertiary/aromatic N) is 4. The molecule has 1 heterocycles. The Morgan fingerprint density at radius 2 is 2.05 bits per heavy atom. The smallest absolute Gasteiger partial charge is 0.220 e. The number of hydrogen-bond donors (Lipinski definition) is 1. The number of carbonyl (C=O) groups is 1. The Morgan fingerprint density at radius 3 is 2.71 bits per heavy atom. The maximum Gasteiger partial charge on any atom is 0.220 e. The van der Waals surface area contributed by atoms with Gasteiger partial charge in [-0.3, -0.25) is 4.79 Å². The van der Waals surface area contributed by atoms with E-state index in [9.17, 15) is 4.79 Å². The van der Waals surface area contributed by atoms with Gasteiger partial charge in [-0.15, -0.1) is 5.10 Å². The lowest BCUT2D eigenvalue weighted by atomic mass is 10.3. The van der Waals surface area contributed by atoms with Crippen molar-refractivity contribution < 1.29 is 9.53 Å². The molecule has 0 radical (unpaired) electrons. The molecule has 1 amide bonds. The zero-order valence-corrected chi connectivity index (χ0v) is 12.2. The van der Waals surface area contributed by atoms with Crippen molar-refractivity contribution in [2.75, 3.05) is 6.61 Å². The van der Waals surface area contributed by atoms with Crippen LogP contribution in [0.3, 0.4) is 0 Å². The average molecular weight is 289 g/mol. The minimum absolute atomic E-state index is 0.00116. The molecule has 7 nitrogen and oxygen atoms in total. The number of benzene rings is 1. The van der Waals surface area contributed by atoms with Gasteiger partial charge in [0.15, 0.2) is 5.82 Å². The monoisotopic (exact) mass is 289 g/mol. The van der Waals surface area contributed by atoms with Crippen LogP contribution in [-0.2, 0) is 11.3 Å². The Labute approximate surface area is 123 Å². The van der Waals surface area contributed by atoms with Crippen molar-refractivity contribution in [3.8, 4) is 11.4 Å². The van der Waals surface area contributed by atoms with Crippen LogP contribution in [0.4, 0.5) is 0 Å². The average Bonchev–Trinajstić information content (AvgIpc) is 2.95. The van der Waals surface area contributed by atoms with E-state index in [1.54, 1.807) is 4.68 Å². The van der Waals surface area contributed by atoms with Crippen molar-refractivity contribution in [2.45, 2.75) is 33.2 Å². The van der Waals surface area contributed by atoms with Gasteiger partial charge in [-0.2, -0.15) is 4.68 Å². The Hall–Kier alpha value is -2.44. The van der Waals surface area contributed by atoms with E-state index >= 15 is 0 Å². The maximum atomic E-state index is 11.5. The number of amides is 1. The van der Waals surface area contributed by atoms with E-state index in [0.29, 0.717) is 25.4 Å². The van der Waals surface area contributed by atoms with Gasteiger partial charge < -0.3 is 10.1 Å². The number of carbonyl (C=O) groups excluding carboxylic acids is 1. The van der Waals surface area contributed by atoms with Gasteiger partial charge in [-0.25, -0.2) is 0 Å². The first kappa shape index (κ1) is 15.0. The van der Waals surface area contributed by atoms with Crippen LogP contribution in [0.15, 0.2) is 24.3 Å². The van der Waals surface area contributed by atoms with Crippen LogP contribution in [0.2, 0.25) is 0 Å². The van der Waals surface area contributed by atoms with E-state index in [0.717, 1.165) is 17.9 Å². The Morgan fingerprint density at radius 1 is 1.29 bits per heavy atom. The summed E-state index contributed by atoms with van der Waals surface area (Å²) in [5.74, 6) is 1.38. The van der Waals surface area contributed by atoms with Crippen molar-refractivity contribution in [2.24, 2.45) is 0 Å². The van der Waals surface area contributed by atoms with Gasteiger partial charge in [0, 0.05) is 6.42 Å². The molecule has 0 unspecified atom stereocenters. The van der Waals surface area contributed by atoms with Gasteiger partial charge >= 0.3 is 0 Å². The molecule has 0 aliphatic rings. The van der Waals surface area contributed by atoms with Crippen LogP contribution in [0, 0.1) is 0 Å². The highest BCUT2D eigenvalue weighted by Crippen LogP contribution is 2.15. The highest BCUT2D eigenvalue weighted by Gasteiger charge is 2.09. The molecule has 0 saturated heterocycles. The zero-order valence-electron chi connectivity index (χ0n) is 12.2. The van der Waals surface area contributed by atoms with Crippen molar-refractivity contribution in [1.82, 2.24) is 25.5 Å². The molecule has 7 heteroatoms. The molecule has 1 aromatic heterocycles. The minimum Gasteiger partial charge on any atom is -0.494 e. The first-order valence-corrected chi connectivity index (χ1v) is 7.01. The molecule has 21 heavy (non-hydrogen) atoms. The quantitative estimate of drug-likeness (QED) is 0.835. The molecular formula is C14H19N5O2. The van der Waals surface area contributed by atoms with Crippen LogP contribution in [0.1, 0.15) is 32.5 Å². The fourth-order valence-corrected chi connectivity index (χ4v) is 1.86. The summed E-state index contributed by atoms with van der Waals surface area (Å²) in [7, 11) is 0. The van der Waals surface area contributed by atoms with Gasteiger partial charge in [0.25, 0.3) is 0 Å². The number of hydrogen-bond acceptors (Lipinski definition) is 5. The van der Waals surface area contributed by atoms with E-state index in [1.807, 2.05) is 38.1 Å². The molecular weight excluding hydrogens is 270 g/mol. The fourth-order valence-electron chi connectivity index (χ4n) is 1.86. The number of ether oxygens (including phenoxy) is 1. The molecule has 2 rings (SSSR count). The highest BCUT2D eigenvalue weighted by atomic mass is 16.5. The molecule has 112 valence electrons. The van der Waals surface area contributed by atoms with E-state index in [4.69, 9.17) is 4.74 Å². The summed E-state index contributed by atoms with van der Waals surface area (Å²) >= 11 is 0. The molecule has 0 aliphatic heterocycles. The lowest BCUT2D eigenvalue weighted by molar-refractivity contribution is -0.121. The lowest BCUT2D eigenvalue weighted by Gasteiger charge is -2.07. The van der Waals surface area contributed by atoms with Gasteiger partial charge in [0.05, 0.1) is 18.8 Å². The van der Waals surface area contributed by atoms with Crippen molar-refractivity contribution >= 4 is 5.91 Å². The second-order valence-electron chi connectivity index (χ2n) is 4.46. The molecule has 1 N–H and O–H groups in total. The summed E-state index contributed by atoms with van der Waals surface area (Å²) in [6, 6.07) is 7.47. The Bertz CT molecular complexity index is 579. The number of aromatic nitrogens is 4. The van der Waals surface area contributed by atoms with Gasteiger partial charge in [0.2, 0.25) is 5.91 Å². The van der Waals surface area contributed by atoms with Crippen LogP contribution < -0.4 is 10.1 Å². The van der Waals surface area contributed by atoms with E-state index in [1.165, 1.54) is 0 Å². The molecule has 0 atom stereocenters. The second-order valence-corrected chi connectivity index (χ2v) is 4.46. The number of tetrazole rings is 1. The van der Waals surface area contributed by atoms with Gasteiger partial charge in [0.1, 0.15) is 5.75 Å². The summed E-state index contributed by atoms with van der Waals surface area (Å²) in [4.78, 5) is 11.5. The predicted molar refractivity (Wildman–Crippen MR) is 77.1 cm³/mol. The van der Waals surface area contributed by atoms with Crippen LogP contribution in [0.25, 0.3) is 5.69 Å². The van der Waals surface area contributed by atoms with Gasteiger partial charge in [-0.1, -0.05) is 6.92 Å². The predicted octanol–water partition coefficient (Wildman–Crippen LogP) is 1.48. The van der Waals surface area contributed by atoms with Crippen LogP contribution >= 0.6 is 0 Å². The summed E-state index contributed by atoms with van der Waals surface area (Å²) in [5, 5.41) is 14.4. The maximum absolute atomic E-state index is 11.5. The second kappa shape index (κ2) is 7.37. The first-order valence-electron chi connectivity index (χ1n) is 7.01. The summed E-state index contributed by atoms with van der Waals surface area (Å²) in [6.07, 6.45) is 1.32. The van der Waals surface area contributed by atoms with E-state index < -0.39 is 0 Å². The Balaban J connectivity index is 2.07. The standard InChI is InChI=1S/C14H19N5O2/c1-3-5-14(20)15-10-13-16-17-18-19(13)11-6-8-12(9-7-11)21-4-2/h6-9H,3-5,10H2,1-2H3,(H,15,20). The molecule has 1 aromatic carbocycles.